The van der Waals surface area contributed by atoms with Gasteiger partial charge in [0.25, 0.3) is 0 Å². The summed E-state index contributed by atoms with van der Waals surface area (Å²) in [7, 11) is -7.32. The number of nitrogens with zero attached hydrogens (tertiary/aromatic N) is 1. The zero-order valence-electron chi connectivity index (χ0n) is 16.5. The molecule has 0 heterocycles. The monoisotopic (exact) mass is 424 g/mol. The maximum Gasteiger partial charge on any atom is 0.243 e. The van der Waals surface area contributed by atoms with E-state index in [1.54, 1.807) is 13.8 Å². The van der Waals surface area contributed by atoms with E-state index < -0.39 is 20.0 Å². The van der Waals surface area contributed by atoms with Crippen LogP contribution in [0.15, 0.2) is 64.4 Å². The van der Waals surface area contributed by atoms with Gasteiger partial charge in [0.15, 0.2) is 0 Å². The van der Waals surface area contributed by atoms with Crippen LogP contribution in [0.4, 0.5) is 0 Å². The van der Waals surface area contributed by atoms with E-state index in [0.717, 1.165) is 12.0 Å². The average molecular weight is 425 g/mol. The number of nitrogens with one attached hydrogen (secondary N) is 1. The number of sulfonamides is 2. The Morgan fingerprint density at radius 1 is 0.857 bits per heavy atom. The van der Waals surface area contributed by atoms with Crippen LogP contribution in [0.25, 0.3) is 0 Å². The molecular weight excluding hydrogens is 396 g/mol. The second-order valence-electron chi connectivity index (χ2n) is 6.61. The Morgan fingerprint density at radius 3 is 1.93 bits per heavy atom. The molecule has 0 fully saturated rings. The SMILES string of the molecule is CCN(CC)S(=O)(=O)c1ccc(S(=O)(=O)N[C@@H](C)CCc2ccccc2)cc1. The lowest BCUT2D eigenvalue weighted by molar-refractivity contribution is 0.445. The van der Waals surface area contributed by atoms with E-state index in [-0.39, 0.29) is 15.8 Å². The van der Waals surface area contributed by atoms with Crippen molar-refractivity contribution in [1.29, 1.82) is 0 Å². The maximum atomic E-state index is 12.6. The van der Waals surface area contributed by atoms with Crippen molar-refractivity contribution in [3.8, 4) is 0 Å². The van der Waals surface area contributed by atoms with Gasteiger partial charge in [-0.2, -0.15) is 4.31 Å². The van der Waals surface area contributed by atoms with E-state index >= 15 is 0 Å². The van der Waals surface area contributed by atoms with E-state index in [4.69, 9.17) is 0 Å². The van der Waals surface area contributed by atoms with Crippen LogP contribution >= 0.6 is 0 Å². The summed E-state index contributed by atoms with van der Waals surface area (Å²) in [6, 6.07) is 15.0. The second-order valence-corrected chi connectivity index (χ2v) is 10.3. The van der Waals surface area contributed by atoms with Gasteiger partial charge in [-0.05, 0) is 49.6 Å². The van der Waals surface area contributed by atoms with E-state index in [1.807, 2.05) is 37.3 Å². The van der Waals surface area contributed by atoms with Crippen LogP contribution in [-0.2, 0) is 26.5 Å². The smallest absolute Gasteiger partial charge is 0.208 e. The average Bonchev–Trinajstić information content (AvgIpc) is 2.68. The molecule has 0 aliphatic rings. The molecule has 0 aromatic heterocycles. The van der Waals surface area contributed by atoms with Crippen molar-refractivity contribution in [2.75, 3.05) is 13.1 Å². The molecule has 8 heteroatoms. The molecule has 0 aliphatic carbocycles. The fourth-order valence-corrected chi connectivity index (χ4v) is 5.66. The summed E-state index contributed by atoms with van der Waals surface area (Å²) in [4.78, 5) is 0.143. The minimum absolute atomic E-state index is 0.0533. The van der Waals surface area contributed by atoms with Gasteiger partial charge in [0.2, 0.25) is 20.0 Å². The van der Waals surface area contributed by atoms with Crippen molar-refractivity contribution in [3.63, 3.8) is 0 Å². The van der Waals surface area contributed by atoms with E-state index in [1.165, 1.54) is 28.6 Å². The number of benzene rings is 2. The molecule has 0 spiro atoms. The van der Waals surface area contributed by atoms with Gasteiger partial charge in [0.1, 0.15) is 0 Å². The fraction of sp³-hybridized carbons (Fsp3) is 0.400. The molecule has 0 saturated heterocycles. The van der Waals surface area contributed by atoms with Crippen molar-refractivity contribution >= 4 is 20.0 Å². The summed E-state index contributed by atoms with van der Waals surface area (Å²) in [6.45, 7) is 6.07. The highest BCUT2D eigenvalue weighted by Crippen LogP contribution is 2.19. The molecule has 2 aromatic carbocycles. The van der Waals surface area contributed by atoms with Crippen LogP contribution in [0.3, 0.4) is 0 Å². The highest BCUT2D eigenvalue weighted by Gasteiger charge is 2.23. The zero-order valence-corrected chi connectivity index (χ0v) is 18.1. The van der Waals surface area contributed by atoms with Gasteiger partial charge < -0.3 is 0 Å². The summed E-state index contributed by atoms with van der Waals surface area (Å²) in [5, 5.41) is 0. The van der Waals surface area contributed by atoms with E-state index in [9.17, 15) is 16.8 Å². The molecule has 2 aromatic rings. The zero-order chi connectivity index (χ0) is 20.8. The van der Waals surface area contributed by atoms with E-state index in [0.29, 0.717) is 19.5 Å². The maximum absolute atomic E-state index is 12.6. The van der Waals surface area contributed by atoms with Crippen LogP contribution in [0.5, 0.6) is 0 Å². The molecule has 2 rings (SSSR count). The summed E-state index contributed by atoms with van der Waals surface area (Å²) in [5.41, 5.74) is 1.15. The van der Waals surface area contributed by atoms with Crippen LogP contribution in [0.1, 0.15) is 32.8 Å². The quantitative estimate of drug-likeness (QED) is 0.635. The van der Waals surface area contributed by atoms with Crippen molar-refractivity contribution in [1.82, 2.24) is 9.03 Å². The molecule has 0 unspecified atom stereocenters. The number of hydrogen-bond acceptors (Lipinski definition) is 4. The highest BCUT2D eigenvalue weighted by atomic mass is 32.2. The molecule has 154 valence electrons. The predicted octanol–water partition coefficient (Wildman–Crippen LogP) is 3.02. The number of rotatable bonds is 10. The van der Waals surface area contributed by atoms with Gasteiger partial charge in [-0.3, -0.25) is 0 Å². The summed E-state index contributed by atoms with van der Waals surface area (Å²) in [5.74, 6) is 0. The Morgan fingerprint density at radius 2 is 1.39 bits per heavy atom. The largest absolute Gasteiger partial charge is 0.243 e. The third-order valence-electron chi connectivity index (χ3n) is 4.54. The normalized spacial score (nSPS) is 13.6. The standard InChI is InChI=1S/C20H28N2O4S2/c1-4-22(5-2)28(25,26)20-15-13-19(14-16-20)27(23,24)21-17(3)11-12-18-9-7-6-8-10-18/h6-10,13-17,21H,4-5,11-12H2,1-3H3/t17-/m0/s1. The van der Waals surface area contributed by atoms with Crippen LogP contribution < -0.4 is 4.72 Å². The van der Waals surface area contributed by atoms with Crippen molar-refractivity contribution in [3.05, 3.63) is 60.2 Å². The van der Waals surface area contributed by atoms with Crippen molar-refractivity contribution < 1.29 is 16.8 Å². The van der Waals surface area contributed by atoms with Crippen LogP contribution in [0, 0.1) is 0 Å². The van der Waals surface area contributed by atoms with Crippen LogP contribution in [-0.4, -0.2) is 40.3 Å². The molecule has 0 aliphatic heterocycles. The van der Waals surface area contributed by atoms with Gasteiger partial charge in [0, 0.05) is 19.1 Å². The first-order chi connectivity index (χ1) is 13.2. The van der Waals surface area contributed by atoms with Crippen LogP contribution in [0.2, 0.25) is 0 Å². The highest BCUT2D eigenvalue weighted by molar-refractivity contribution is 7.89. The van der Waals surface area contributed by atoms with Gasteiger partial charge >= 0.3 is 0 Å². The molecule has 0 amide bonds. The third kappa shape index (κ3) is 5.64. The molecule has 6 nitrogen and oxygen atoms in total. The molecule has 28 heavy (non-hydrogen) atoms. The second kappa shape index (κ2) is 9.65. The Labute approximate surface area is 168 Å². The predicted molar refractivity (Wildman–Crippen MR) is 111 cm³/mol. The third-order valence-corrected chi connectivity index (χ3v) is 8.21. The fourth-order valence-electron chi connectivity index (χ4n) is 2.92. The lowest BCUT2D eigenvalue weighted by Gasteiger charge is -2.19. The van der Waals surface area contributed by atoms with Crippen molar-refractivity contribution in [2.45, 2.75) is 49.4 Å². The first-order valence-electron chi connectivity index (χ1n) is 9.37. The molecule has 1 N–H and O–H groups in total. The van der Waals surface area contributed by atoms with E-state index in [2.05, 4.69) is 4.72 Å². The van der Waals surface area contributed by atoms with Gasteiger partial charge in [-0.25, -0.2) is 21.6 Å². The molecular formula is C20H28N2O4S2. The minimum Gasteiger partial charge on any atom is -0.208 e. The topological polar surface area (TPSA) is 83.6 Å². The minimum atomic E-state index is -3.72. The lowest BCUT2D eigenvalue weighted by Crippen LogP contribution is -2.33. The van der Waals surface area contributed by atoms with Crippen molar-refractivity contribution in [2.24, 2.45) is 0 Å². The molecule has 0 bridgehead atoms. The van der Waals surface area contributed by atoms with Gasteiger partial charge in [0.05, 0.1) is 9.79 Å². The molecule has 1 atom stereocenters. The van der Waals surface area contributed by atoms with Gasteiger partial charge in [-0.1, -0.05) is 44.2 Å². The summed E-state index contributed by atoms with van der Waals surface area (Å²) in [6.07, 6.45) is 1.43. The summed E-state index contributed by atoms with van der Waals surface area (Å²) >= 11 is 0. The molecule has 0 radical (unpaired) electrons. The summed E-state index contributed by atoms with van der Waals surface area (Å²) < 4.78 is 54.2. The lowest BCUT2D eigenvalue weighted by atomic mass is 10.1. The Bertz CT molecular complexity index is 953. The Balaban J connectivity index is 2.07. The molecule has 0 saturated carbocycles. The number of hydrogen-bond donors (Lipinski definition) is 1. The van der Waals surface area contributed by atoms with Gasteiger partial charge in [-0.15, -0.1) is 0 Å². The Kier molecular flexibility index (Phi) is 7.77. The Hall–Kier alpha value is -1.74. The first kappa shape index (κ1) is 22.5. The first-order valence-corrected chi connectivity index (χ1v) is 12.3. The number of aryl methyl sites for hydroxylation is 1.